The lowest BCUT2D eigenvalue weighted by Gasteiger charge is -2.26. The van der Waals surface area contributed by atoms with E-state index < -0.39 is 10.0 Å². The Kier molecular flexibility index (Phi) is 3.87. The molecule has 0 N–H and O–H groups in total. The molecule has 0 unspecified atom stereocenters. The summed E-state index contributed by atoms with van der Waals surface area (Å²) < 4.78 is 43.4. The maximum absolute atomic E-state index is 13.2. The molecule has 2 rings (SSSR count). The van der Waals surface area contributed by atoms with Crippen molar-refractivity contribution in [1.82, 2.24) is 4.31 Å². The minimum absolute atomic E-state index is 0.170. The Hall–Kier alpha value is -1.14. The topological polar surface area (TPSA) is 46.6 Å². The van der Waals surface area contributed by atoms with Crippen molar-refractivity contribution in [3.63, 3.8) is 0 Å². The van der Waals surface area contributed by atoms with E-state index in [2.05, 4.69) is 0 Å². The molecule has 6 heteroatoms. The SMILES string of the molecule is COc1ccc(F)cc1CN1CCCCS1(=O)=O. The summed E-state index contributed by atoms with van der Waals surface area (Å²) in [5.41, 5.74) is 0.558. The minimum atomic E-state index is -3.20. The van der Waals surface area contributed by atoms with Gasteiger partial charge >= 0.3 is 0 Å². The minimum Gasteiger partial charge on any atom is -0.496 e. The Labute approximate surface area is 106 Å². The lowest BCUT2D eigenvalue weighted by molar-refractivity contribution is 0.361. The van der Waals surface area contributed by atoms with E-state index in [9.17, 15) is 12.8 Å². The first-order chi connectivity index (χ1) is 8.53. The lowest BCUT2D eigenvalue weighted by atomic mass is 10.2. The molecule has 1 aromatic rings. The maximum Gasteiger partial charge on any atom is 0.214 e. The van der Waals surface area contributed by atoms with Crippen LogP contribution in [0, 0.1) is 5.82 Å². The fourth-order valence-corrected chi connectivity index (χ4v) is 3.65. The molecular formula is C12H16FNO3S. The first kappa shape index (κ1) is 13.3. The smallest absolute Gasteiger partial charge is 0.214 e. The Morgan fingerprint density at radius 1 is 1.39 bits per heavy atom. The highest BCUT2D eigenvalue weighted by Crippen LogP contribution is 2.24. The molecule has 1 aromatic carbocycles. The molecule has 1 aliphatic heterocycles. The zero-order chi connectivity index (χ0) is 13.2. The van der Waals surface area contributed by atoms with Crippen LogP contribution in [-0.4, -0.2) is 32.1 Å². The largest absolute Gasteiger partial charge is 0.496 e. The summed E-state index contributed by atoms with van der Waals surface area (Å²) >= 11 is 0. The van der Waals surface area contributed by atoms with Gasteiger partial charge in [-0.25, -0.2) is 12.8 Å². The molecule has 0 aliphatic carbocycles. The average Bonchev–Trinajstić information content (AvgIpc) is 2.32. The molecule has 1 fully saturated rings. The highest BCUT2D eigenvalue weighted by molar-refractivity contribution is 7.89. The number of sulfonamides is 1. The number of rotatable bonds is 3. The number of hydrogen-bond acceptors (Lipinski definition) is 3. The van der Waals surface area contributed by atoms with Crippen molar-refractivity contribution in [3.8, 4) is 5.75 Å². The van der Waals surface area contributed by atoms with Gasteiger partial charge in [0.1, 0.15) is 11.6 Å². The predicted molar refractivity (Wildman–Crippen MR) is 66.4 cm³/mol. The third-order valence-corrected chi connectivity index (χ3v) is 4.95. The summed E-state index contributed by atoms with van der Waals surface area (Å²) in [7, 11) is -1.72. The summed E-state index contributed by atoms with van der Waals surface area (Å²) in [5, 5.41) is 0. The highest BCUT2D eigenvalue weighted by atomic mass is 32.2. The van der Waals surface area contributed by atoms with Crippen molar-refractivity contribution in [1.29, 1.82) is 0 Å². The first-order valence-corrected chi connectivity index (χ1v) is 7.44. The number of hydrogen-bond donors (Lipinski definition) is 0. The van der Waals surface area contributed by atoms with Crippen molar-refractivity contribution >= 4 is 10.0 Å². The van der Waals surface area contributed by atoms with Gasteiger partial charge in [0.2, 0.25) is 10.0 Å². The fourth-order valence-electron chi connectivity index (χ4n) is 2.08. The standard InChI is InChI=1S/C12H16FNO3S/c1-17-12-5-4-11(13)8-10(12)9-14-6-2-3-7-18(14,15)16/h4-5,8H,2-3,6-7,9H2,1H3. The zero-order valence-electron chi connectivity index (χ0n) is 10.2. The quantitative estimate of drug-likeness (QED) is 0.843. The van der Waals surface area contributed by atoms with Gasteiger partial charge in [0.05, 0.1) is 12.9 Å². The zero-order valence-corrected chi connectivity index (χ0v) is 11.0. The molecule has 0 amide bonds. The molecule has 0 spiro atoms. The Balaban J connectivity index is 2.25. The van der Waals surface area contributed by atoms with Crippen LogP contribution < -0.4 is 4.74 Å². The maximum atomic E-state index is 13.2. The molecule has 1 heterocycles. The van der Waals surface area contributed by atoms with Gasteiger partial charge in [-0.1, -0.05) is 0 Å². The van der Waals surface area contributed by atoms with Crippen molar-refractivity contribution in [2.45, 2.75) is 19.4 Å². The van der Waals surface area contributed by atoms with Crippen LogP contribution in [0.25, 0.3) is 0 Å². The van der Waals surface area contributed by atoms with Gasteiger partial charge in [-0.15, -0.1) is 0 Å². The molecule has 0 bridgehead atoms. The number of benzene rings is 1. The predicted octanol–water partition coefficient (Wildman–Crippen LogP) is 1.76. The molecule has 0 radical (unpaired) electrons. The Morgan fingerprint density at radius 2 is 2.17 bits per heavy atom. The van der Waals surface area contributed by atoms with Crippen LogP contribution >= 0.6 is 0 Å². The second-order valence-electron chi connectivity index (χ2n) is 4.31. The van der Waals surface area contributed by atoms with Crippen LogP contribution in [0.4, 0.5) is 4.39 Å². The monoisotopic (exact) mass is 273 g/mol. The van der Waals surface area contributed by atoms with Crippen LogP contribution in [0.2, 0.25) is 0 Å². The second kappa shape index (κ2) is 5.24. The van der Waals surface area contributed by atoms with E-state index in [1.165, 1.54) is 29.6 Å². The molecule has 100 valence electrons. The number of nitrogens with zero attached hydrogens (tertiary/aromatic N) is 1. The van der Waals surface area contributed by atoms with E-state index in [0.717, 1.165) is 6.42 Å². The van der Waals surface area contributed by atoms with Gasteiger partial charge in [0.25, 0.3) is 0 Å². The van der Waals surface area contributed by atoms with Gasteiger partial charge in [-0.2, -0.15) is 4.31 Å². The van der Waals surface area contributed by atoms with E-state index in [0.29, 0.717) is 24.3 Å². The van der Waals surface area contributed by atoms with Gasteiger partial charge in [-0.3, -0.25) is 0 Å². The van der Waals surface area contributed by atoms with Crippen LogP contribution in [0.1, 0.15) is 18.4 Å². The Bertz CT molecular complexity index is 530. The average molecular weight is 273 g/mol. The molecule has 4 nitrogen and oxygen atoms in total. The molecular weight excluding hydrogens is 257 g/mol. The molecule has 18 heavy (non-hydrogen) atoms. The van der Waals surface area contributed by atoms with E-state index in [4.69, 9.17) is 4.74 Å². The molecule has 0 aromatic heterocycles. The normalized spacial score (nSPS) is 19.7. The summed E-state index contributed by atoms with van der Waals surface area (Å²) in [6.07, 6.45) is 1.54. The van der Waals surface area contributed by atoms with E-state index in [1.54, 1.807) is 0 Å². The third-order valence-electron chi connectivity index (χ3n) is 3.04. The fraction of sp³-hybridized carbons (Fsp3) is 0.500. The molecule has 0 saturated carbocycles. The van der Waals surface area contributed by atoms with Gasteiger partial charge < -0.3 is 4.74 Å². The van der Waals surface area contributed by atoms with Crippen LogP contribution in [-0.2, 0) is 16.6 Å². The van der Waals surface area contributed by atoms with Crippen LogP contribution in [0.3, 0.4) is 0 Å². The number of ether oxygens (including phenoxy) is 1. The van der Waals surface area contributed by atoms with Gasteiger partial charge in [0, 0.05) is 18.7 Å². The van der Waals surface area contributed by atoms with Crippen molar-refractivity contribution in [2.75, 3.05) is 19.4 Å². The number of methoxy groups -OCH3 is 1. The second-order valence-corrected chi connectivity index (χ2v) is 6.40. The third kappa shape index (κ3) is 2.81. The molecule has 1 aliphatic rings. The van der Waals surface area contributed by atoms with E-state index >= 15 is 0 Å². The van der Waals surface area contributed by atoms with Crippen molar-refractivity contribution in [2.24, 2.45) is 0 Å². The lowest BCUT2D eigenvalue weighted by Crippen LogP contribution is -2.37. The number of halogens is 1. The highest BCUT2D eigenvalue weighted by Gasteiger charge is 2.26. The van der Waals surface area contributed by atoms with Crippen LogP contribution in [0.15, 0.2) is 18.2 Å². The molecule has 1 saturated heterocycles. The van der Waals surface area contributed by atoms with E-state index in [-0.39, 0.29) is 18.1 Å². The molecule has 0 atom stereocenters. The first-order valence-electron chi connectivity index (χ1n) is 5.83. The van der Waals surface area contributed by atoms with Crippen molar-refractivity contribution < 1.29 is 17.5 Å². The van der Waals surface area contributed by atoms with Crippen LogP contribution in [0.5, 0.6) is 5.75 Å². The van der Waals surface area contributed by atoms with Crippen molar-refractivity contribution in [3.05, 3.63) is 29.6 Å². The van der Waals surface area contributed by atoms with Gasteiger partial charge in [0.15, 0.2) is 0 Å². The van der Waals surface area contributed by atoms with Gasteiger partial charge in [-0.05, 0) is 31.0 Å². The summed E-state index contributed by atoms with van der Waals surface area (Å²) in [5.74, 6) is 0.294. The summed E-state index contributed by atoms with van der Waals surface area (Å²) in [6.45, 7) is 0.658. The summed E-state index contributed by atoms with van der Waals surface area (Å²) in [6, 6.07) is 4.14. The Morgan fingerprint density at radius 3 is 2.83 bits per heavy atom. The van der Waals surface area contributed by atoms with E-state index in [1.807, 2.05) is 0 Å². The summed E-state index contributed by atoms with van der Waals surface area (Å²) in [4.78, 5) is 0.